The number of hydrogen-bond acceptors (Lipinski definition) is 5. The molecule has 1 aliphatic rings. The number of benzene rings is 1. The largest absolute Gasteiger partial charge is 0.618 e. The van der Waals surface area contributed by atoms with Crippen molar-refractivity contribution in [3.05, 3.63) is 38.8 Å². The number of ketones is 1. The molecule has 1 aromatic heterocycles. The molecule has 0 atom stereocenters. The minimum Gasteiger partial charge on any atom is -0.618 e. The van der Waals surface area contributed by atoms with Crippen molar-refractivity contribution >= 4 is 46.0 Å². The molecule has 0 saturated heterocycles. The van der Waals surface area contributed by atoms with Crippen LogP contribution in [0.5, 0.6) is 0 Å². The number of hydrogen-bond donors (Lipinski definition) is 0. The second-order valence-corrected chi connectivity index (χ2v) is 7.27. The number of Topliss-reactive ketones (excluding diaryl/α,β-unsaturated/α-hetero) is 1. The van der Waals surface area contributed by atoms with Crippen molar-refractivity contribution in [3.63, 3.8) is 0 Å². The summed E-state index contributed by atoms with van der Waals surface area (Å²) >= 11 is 11.9. The number of halogens is 2. The highest BCUT2D eigenvalue weighted by atomic mass is 35.5. The summed E-state index contributed by atoms with van der Waals surface area (Å²) in [4.78, 5) is 28.5. The van der Waals surface area contributed by atoms with Crippen LogP contribution >= 0.6 is 23.2 Å². The molecule has 0 radical (unpaired) electrons. The van der Waals surface area contributed by atoms with E-state index < -0.39 is 5.78 Å². The van der Waals surface area contributed by atoms with Crippen LogP contribution in [-0.2, 0) is 16.1 Å². The Labute approximate surface area is 160 Å². The second kappa shape index (κ2) is 7.76. The molecule has 26 heavy (non-hydrogen) atoms. The molecule has 2 aromatic rings. The van der Waals surface area contributed by atoms with Crippen molar-refractivity contribution in [2.45, 2.75) is 45.6 Å². The summed E-state index contributed by atoms with van der Waals surface area (Å²) in [7, 11) is 0. The van der Waals surface area contributed by atoms with E-state index in [0.717, 1.165) is 32.1 Å². The Hall–Kier alpha value is -1.92. The lowest BCUT2D eigenvalue weighted by molar-refractivity contribution is -0.580. The molecule has 138 valence electrons. The Bertz CT molecular complexity index is 879. The van der Waals surface area contributed by atoms with E-state index in [9.17, 15) is 14.8 Å². The van der Waals surface area contributed by atoms with Gasteiger partial charge in [-0.3, -0.25) is 9.59 Å². The van der Waals surface area contributed by atoms with Crippen LogP contribution in [0.4, 0.5) is 0 Å². The topological polar surface area (TPSA) is 83.2 Å². The predicted octanol–water partition coefficient (Wildman–Crippen LogP) is 4.00. The molecule has 3 rings (SSSR count). The van der Waals surface area contributed by atoms with Crippen LogP contribution in [0.1, 0.15) is 55.2 Å². The Morgan fingerprint density at radius 2 is 1.88 bits per heavy atom. The van der Waals surface area contributed by atoms with Gasteiger partial charge >= 0.3 is 5.97 Å². The lowest BCUT2D eigenvalue weighted by atomic mass is 9.89. The van der Waals surface area contributed by atoms with Gasteiger partial charge in [0, 0.05) is 13.0 Å². The summed E-state index contributed by atoms with van der Waals surface area (Å²) in [6.07, 6.45) is 4.75. The number of rotatable bonds is 4. The van der Waals surface area contributed by atoms with E-state index in [1.54, 1.807) is 0 Å². The van der Waals surface area contributed by atoms with Gasteiger partial charge in [-0.1, -0.05) is 42.5 Å². The Kier molecular flexibility index (Phi) is 5.63. The third kappa shape index (κ3) is 3.76. The van der Waals surface area contributed by atoms with E-state index >= 15 is 0 Å². The number of aromatic nitrogens is 2. The van der Waals surface area contributed by atoms with Gasteiger partial charge in [-0.15, -0.1) is 0 Å². The molecule has 6 nitrogen and oxygen atoms in total. The van der Waals surface area contributed by atoms with Crippen molar-refractivity contribution in [2.24, 2.45) is 5.92 Å². The average Bonchev–Trinajstić information content (AvgIpc) is 2.62. The van der Waals surface area contributed by atoms with Gasteiger partial charge in [0.2, 0.25) is 11.3 Å². The normalized spacial score (nSPS) is 15.2. The van der Waals surface area contributed by atoms with Crippen LogP contribution in [0.2, 0.25) is 10.0 Å². The number of nitrogens with zero attached hydrogens (tertiary/aromatic N) is 2. The zero-order chi connectivity index (χ0) is 18.8. The SMILES string of the molecule is CC(=O)c1c(COC(=O)C2CCCCC2)nc2cc(Cl)c(Cl)cc2[n+]1[O-]. The van der Waals surface area contributed by atoms with Gasteiger partial charge in [0.05, 0.1) is 16.0 Å². The van der Waals surface area contributed by atoms with Crippen molar-refractivity contribution < 1.29 is 19.1 Å². The molecular formula is C18H18Cl2N2O4. The number of esters is 1. The van der Waals surface area contributed by atoms with Crippen molar-refractivity contribution in [1.29, 1.82) is 0 Å². The Balaban J connectivity index is 1.93. The predicted molar refractivity (Wildman–Crippen MR) is 97.1 cm³/mol. The summed E-state index contributed by atoms with van der Waals surface area (Å²) in [5, 5.41) is 13.0. The van der Waals surface area contributed by atoms with Gasteiger partial charge in [0.25, 0.3) is 5.69 Å². The number of carbonyl (C=O) groups excluding carboxylic acids is 2. The number of carbonyl (C=O) groups is 2. The highest BCUT2D eigenvalue weighted by Crippen LogP contribution is 2.27. The van der Waals surface area contributed by atoms with Crippen LogP contribution in [0.3, 0.4) is 0 Å². The summed E-state index contributed by atoms with van der Waals surface area (Å²) < 4.78 is 5.82. The zero-order valence-corrected chi connectivity index (χ0v) is 15.8. The van der Waals surface area contributed by atoms with E-state index in [2.05, 4.69) is 4.98 Å². The van der Waals surface area contributed by atoms with Crippen molar-refractivity contribution in [2.75, 3.05) is 0 Å². The lowest BCUT2D eigenvalue weighted by Crippen LogP contribution is -2.37. The highest BCUT2D eigenvalue weighted by molar-refractivity contribution is 6.42. The first kappa shape index (κ1) is 18.9. The third-order valence-corrected chi connectivity index (χ3v) is 5.31. The van der Waals surface area contributed by atoms with Crippen molar-refractivity contribution in [1.82, 2.24) is 4.98 Å². The van der Waals surface area contributed by atoms with Crippen LogP contribution in [-0.4, -0.2) is 16.7 Å². The first-order valence-corrected chi connectivity index (χ1v) is 9.23. The fourth-order valence-electron chi connectivity index (χ4n) is 3.26. The molecule has 1 aliphatic carbocycles. The molecule has 0 amide bonds. The fourth-order valence-corrected chi connectivity index (χ4v) is 3.57. The quantitative estimate of drug-likeness (QED) is 0.337. The molecule has 1 saturated carbocycles. The summed E-state index contributed by atoms with van der Waals surface area (Å²) in [6, 6.07) is 2.81. The third-order valence-electron chi connectivity index (χ3n) is 4.59. The van der Waals surface area contributed by atoms with Gasteiger partial charge in [-0.2, -0.15) is 4.73 Å². The molecule has 0 N–H and O–H groups in total. The van der Waals surface area contributed by atoms with Gasteiger partial charge in [0.15, 0.2) is 5.69 Å². The molecule has 1 fully saturated rings. The fraction of sp³-hybridized carbons (Fsp3) is 0.444. The summed E-state index contributed by atoms with van der Waals surface area (Å²) in [5.41, 5.74) is 0.366. The minimum absolute atomic E-state index is 0.113. The summed E-state index contributed by atoms with van der Waals surface area (Å²) in [6.45, 7) is 1.03. The van der Waals surface area contributed by atoms with Crippen LogP contribution < -0.4 is 4.73 Å². The molecule has 0 unspecified atom stereocenters. The van der Waals surface area contributed by atoms with E-state index in [1.165, 1.54) is 19.1 Å². The van der Waals surface area contributed by atoms with E-state index in [1.807, 2.05) is 0 Å². The standard InChI is InChI=1S/C18H18Cl2N2O4/c1-10(23)17-15(9-26-18(24)11-5-3-2-4-6-11)21-14-7-12(19)13(20)8-16(14)22(17)25/h7-8,11H,2-6,9H2,1H3. The van der Waals surface area contributed by atoms with Gasteiger partial charge in [-0.25, -0.2) is 4.98 Å². The molecule has 0 bridgehead atoms. The molecule has 8 heteroatoms. The Morgan fingerprint density at radius 1 is 1.23 bits per heavy atom. The maximum absolute atomic E-state index is 12.6. The molecule has 1 heterocycles. The molecule has 0 aliphatic heterocycles. The molecule has 0 spiro atoms. The molecular weight excluding hydrogens is 379 g/mol. The first-order chi connectivity index (χ1) is 12.4. The van der Waals surface area contributed by atoms with Gasteiger partial charge < -0.3 is 9.94 Å². The Morgan fingerprint density at radius 3 is 2.54 bits per heavy atom. The number of fused-ring (bicyclic) bond motifs is 1. The van der Waals surface area contributed by atoms with Crippen LogP contribution in [0, 0.1) is 11.1 Å². The lowest BCUT2D eigenvalue weighted by Gasteiger charge is -2.20. The molecule has 1 aromatic carbocycles. The smallest absolute Gasteiger partial charge is 0.309 e. The van der Waals surface area contributed by atoms with Crippen molar-refractivity contribution in [3.8, 4) is 0 Å². The summed E-state index contributed by atoms with van der Waals surface area (Å²) in [5.74, 6) is -0.908. The van der Waals surface area contributed by atoms with E-state index in [4.69, 9.17) is 27.9 Å². The monoisotopic (exact) mass is 396 g/mol. The average molecular weight is 397 g/mol. The van der Waals surface area contributed by atoms with Gasteiger partial charge in [0.1, 0.15) is 12.1 Å². The minimum atomic E-state index is -0.468. The first-order valence-electron chi connectivity index (χ1n) is 8.47. The maximum atomic E-state index is 12.6. The van der Waals surface area contributed by atoms with Gasteiger partial charge in [-0.05, 0) is 18.9 Å². The van der Waals surface area contributed by atoms with E-state index in [-0.39, 0.29) is 51.0 Å². The maximum Gasteiger partial charge on any atom is 0.309 e. The zero-order valence-electron chi connectivity index (χ0n) is 14.3. The van der Waals surface area contributed by atoms with E-state index in [0.29, 0.717) is 4.73 Å². The van der Waals surface area contributed by atoms with Crippen LogP contribution in [0.25, 0.3) is 11.0 Å². The van der Waals surface area contributed by atoms with Crippen LogP contribution in [0.15, 0.2) is 12.1 Å². The highest BCUT2D eigenvalue weighted by Gasteiger charge is 2.27. The second-order valence-electron chi connectivity index (χ2n) is 6.46. The number of ether oxygens (including phenoxy) is 1.